The molecule has 0 aliphatic heterocycles. The van der Waals surface area contributed by atoms with Gasteiger partial charge >= 0.3 is 0 Å². The maximum atomic E-state index is 5.85. The predicted octanol–water partition coefficient (Wildman–Crippen LogP) is 2.90. The molecule has 3 nitrogen and oxygen atoms in total. The van der Waals surface area contributed by atoms with Crippen molar-refractivity contribution in [2.24, 2.45) is 0 Å². The Bertz CT molecular complexity index is 335. The first-order valence-electron chi connectivity index (χ1n) is 5.79. The Hall–Kier alpha value is -1.38. The minimum absolute atomic E-state index is 0.548. The molecule has 1 rings (SSSR count). The molecule has 16 heavy (non-hydrogen) atoms. The molecule has 0 aromatic heterocycles. The van der Waals surface area contributed by atoms with E-state index in [1.807, 2.05) is 18.2 Å². The monoisotopic (exact) mass is 222 g/mol. The summed E-state index contributed by atoms with van der Waals surface area (Å²) < 4.78 is 5.23. The molecule has 3 heteroatoms. The van der Waals surface area contributed by atoms with Crippen molar-refractivity contribution in [3.8, 4) is 5.75 Å². The molecule has 0 heterocycles. The SMILES string of the molecule is CCC(CC)N(C)c1cc(N)cc(OC)c1. The van der Waals surface area contributed by atoms with Crippen LogP contribution in [0.1, 0.15) is 26.7 Å². The van der Waals surface area contributed by atoms with E-state index in [1.54, 1.807) is 7.11 Å². The van der Waals surface area contributed by atoms with Gasteiger partial charge in [0.05, 0.1) is 7.11 Å². The highest BCUT2D eigenvalue weighted by atomic mass is 16.5. The Labute approximate surface area is 98.2 Å². The second-order valence-corrected chi connectivity index (χ2v) is 4.05. The fraction of sp³-hybridized carbons (Fsp3) is 0.538. The van der Waals surface area contributed by atoms with Crippen LogP contribution in [-0.4, -0.2) is 20.2 Å². The number of hydrogen-bond acceptors (Lipinski definition) is 3. The van der Waals surface area contributed by atoms with Gasteiger partial charge in [-0.05, 0) is 18.9 Å². The predicted molar refractivity (Wildman–Crippen MR) is 70.2 cm³/mol. The smallest absolute Gasteiger partial charge is 0.122 e. The lowest BCUT2D eigenvalue weighted by Crippen LogP contribution is -2.30. The van der Waals surface area contributed by atoms with Gasteiger partial charge in [-0.25, -0.2) is 0 Å². The van der Waals surface area contributed by atoms with Gasteiger partial charge in [-0.2, -0.15) is 0 Å². The molecule has 0 amide bonds. The molecular weight excluding hydrogens is 200 g/mol. The largest absolute Gasteiger partial charge is 0.497 e. The third kappa shape index (κ3) is 2.81. The lowest BCUT2D eigenvalue weighted by Gasteiger charge is -2.28. The van der Waals surface area contributed by atoms with Crippen LogP contribution in [-0.2, 0) is 0 Å². The molecule has 0 unspecified atom stereocenters. The summed E-state index contributed by atoms with van der Waals surface area (Å²) in [5.41, 5.74) is 7.71. The lowest BCUT2D eigenvalue weighted by molar-refractivity contribution is 0.415. The highest BCUT2D eigenvalue weighted by molar-refractivity contribution is 5.60. The third-order valence-electron chi connectivity index (χ3n) is 3.05. The van der Waals surface area contributed by atoms with Gasteiger partial charge in [0, 0.05) is 36.6 Å². The molecule has 0 radical (unpaired) electrons. The first-order chi connectivity index (χ1) is 7.62. The molecule has 0 saturated carbocycles. The number of ether oxygens (including phenoxy) is 1. The van der Waals surface area contributed by atoms with Crippen LogP contribution in [0, 0.1) is 0 Å². The molecule has 1 aromatic rings. The Morgan fingerprint density at radius 2 is 1.88 bits per heavy atom. The van der Waals surface area contributed by atoms with Crippen molar-refractivity contribution in [1.29, 1.82) is 0 Å². The summed E-state index contributed by atoms with van der Waals surface area (Å²) in [6.45, 7) is 4.41. The number of nitrogen functional groups attached to an aromatic ring is 1. The first kappa shape index (κ1) is 12.7. The number of anilines is 2. The highest BCUT2D eigenvalue weighted by Gasteiger charge is 2.12. The van der Waals surface area contributed by atoms with Crippen molar-refractivity contribution in [1.82, 2.24) is 0 Å². The van der Waals surface area contributed by atoms with Gasteiger partial charge in [0.2, 0.25) is 0 Å². The summed E-state index contributed by atoms with van der Waals surface area (Å²) in [5, 5.41) is 0. The van der Waals surface area contributed by atoms with Crippen molar-refractivity contribution in [3.63, 3.8) is 0 Å². The Morgan fingerprint density at radius 3 is 2.38 bits per heavy atom. The molecule has 0 fully saturated rings. The van der Waals surface area contributed by atoms with Crippen LogP contribution in [0.2, 0.25) is 0 Å². The molecule has 0 aliphatic rings. The number of benzene rings is 1. The zero-order valence-electron chi connectivity index (χ0n) is 10.7. The first-order valence-corrected chi connectivity index (χ1v) is 5.79. The van der Waals surface area contributed by atoms with Gasteiger partial charge in [-0.1, -0.05) is 13.8 Å². The highest BCUT2D eigenvalue weighted by Crippen LogP contribution is 2.26. The van der Waals surface area contributed by atoms with Gasteiger partial charge in [-0.3, -0.25) is 0 Å². The van der Waals surface area contributed by atoms with E-state index >= 15 is 0 Å². The minimum Gasteiger partial charge on any atom is -0.497 e. The van der Waals surface area contributed by atoms with Crippen molar-refractivity contribution in [3.05, 3.63) is 18.2 Å². The van der Waals surface area contributed by atoms with Crippen LogP contribution < -0.4 is 15.4 Å². The van der Waals surface area contributed by atoms with Crippen molar-refractivity contribution in [2.75, 3.05) is 24.8 Å². The number of hydrogen-bond donors (Lipinski definition) is 1. The van der Waals surface area contributed by atoms with E-state index in [4.69, 9.17) is 10.5 Å². The van der Waals surface area contributed by atoms with Crippen molar-refractivity contribution in [2.45, 2.75) is 32.7 Å². The van der Waals surface area contributed by atoms with Crippen molar-refractivity contribution < 1.29 is 4.74 Å². The minimum atomic E-state index is 0.548. The van der Waals surface area contributed by atoms with E-state index < -0.39 is 0 Å². The van der Waals surface area contributed by atoms with E-state index in [2.05, 4.69) is 25.8 Å². The Balaban J connectivity index is 2.97. The Morgan fingerprint density at radius 1 is 1.25 bits per heavy atom. The quantitative estimate of drug-likeness (QED) is 0.778. The number of nitrogens with two attached hydrogens (primary N) is 1. The van der Waals surface area contributed by atoms with Crippen LogP contribution in [0.3, 0.4) is 0 Å². The Kier molecular flexibility index (Phi) is 4.47. The summed E-state index contributed by atoms with van der Waals surface area (Å²) in [6, 6.07) is 6.39. The van der Waals surface area contributed by atoms with Gasteiger partial charge in [0.15, 0.2) is 0 Å². The topological polar surface area (TPSA) is 38.5 Å². The third-order valence-corrected chi connectivity index (χ3v) is 3.05. The molecular formula is C13H22N2O. The molecule has 0 bridgehead atoms. The second kappa shape index (κ2) is 5.64. The molecule has 0 spiro atoms. The summed E-state index contributed by atoms with van der Waals surface area (Å²) in [4.78, 5) is 2.26. The lowest BCUT2D eigenvalue weighted by atomic mass is 10.1. The maximum absolute atomic E-state index is 5.85. The van der Waals surface area contributed by atoms with Gasteiger partial charge in [0.1, 0.15) is 5.75 Å². The second-order valence-electron chi connectivity index (χ2n) is 4.05. The standard InChI is InChI=1S/C13H22N2O/c1-5-11(6-2)15(3)12-7-10(14)8-13(9-12)16-4/h7-9,11H,5-6,14H2,1-4H3. The maximum Gasteiger partial charge on any atom is 0.122 e. The van der Waals surface area contributed by atoms with E-state index in [0.717, 1.165) is 30.0 Å². The van der Waals surface area contributed by atoms with Crippen LogP contribution in [0.5, 0.6) is 5.75 Å². The summed E-state index contributed by atoms with van der Waals surface area (Å²) in [6.07, 6.45) is 2.26. The number of rotatable bonds is 5. The summed E-state index contributed by atoms with van der Waals surface area (Å²) in [5.74, 6) is 0.813. The average Bonchev–Trinajstić information content (AvgIpc) is 2.29. The van der Waals surface area contributed by atoms with Crippen LogP contribution in [0.25, 0.3) is 0 Å². The van der Waals surface area contributed by atoms with Gasteiger partial charge in [0.25, 0.3) is 0 Å². The zero-order valence-corrected chi connectivity index (χ0v) is 10.7. The van der Waals surface area contributed by atoms with E-state index in [9.17, 15) is 0 Å². The van der Waals surface area contributed by atoms with E-state index in [1.165, 1.54) is 0 Å². The van der Waals surface area contributed by atoms with E-state index in [-0.39, 0.29) is 0 Å². The zero-order chi connectivity index (χ0) is 12.1. The van der Waals surface area contributed by atoms with Crippen LogP contribution >= 0.6 is 0 Å². The molecule has 0 aliphatic carbocycles. The van der Waals surface area contributed by atoms with Crippen molar-refractivity contribution >= 4 is 11.4 Å². The van der Waals surface area contributed by atoms with Crippen LogP contribution in [0.4, 0.5) is 11.4 Å². The van der Waals surface area contributed by atoms with Crippen LogP contribution in [0.15, 0.2) is 18.2 Å². The fourth-order valence-electron chi connectivity index (χ4n) is 1.97. The molecule has 0 saturated heterocycles. The molecule has 0 atom stereocenters. The van der Waals surface area contributed by atoms with Gasteiger partial charge < -0.3 is 15.4 Å². The number of methoxy groups -OCH3 is 1. The summed E-state index contributed by atoms with van der Waals surface area (Å²) >= 11 is 0. The normalized spacial score (nSPS) is 10.6. The van der Waals surface area contributed by atoms with E-state index in [0.29, 0.717) is 6.04 Å². The number of nitrogens with zero attached hydrogens (tertiary/aromatic N) is 1. The molecule has 1 aromatic carbocycles. The fourth-order valence-corrected chi connectivity index (χ4v) is 1.97. The average molecular weight is 222 g/mol. The summed E-state index contributed by atoms with van der Waals surface area (Å²) in [7, 11) is 3.77. The molecule has 2 N–H and O–H groups in total. The van der Waals surface area contributed by atoms with Gasteiger partial charge in [-0.15, -0.1) is 0 Å². The molecule has 90 valence electrons.